The molecule has 0 rings (SSSR count). The highest BCUT2D eigenvalue weighted by atomic mass is 16.5. The summed E-state index contributed by atoms with van der Waals surface area (Å²) >= 11 is 0. The molecule has 0 heterocycles. The fourth-order valence-corrected chi connectivity index (χ4v) is 4.81. The molecule has 0 aliphatic carbocycles. The fraction of sp³-hybridized carbons (Fsp3) is 0.766. The van der Waals surface area contributed by atoms with E-state index >= 15 is 0 Å². The minimum Gasteiger partial charge on any atom is -0.396 e. The molecule has 372 valence electrons. The maximum Gasteiger partial charge on any atom is 0.220 e. The Morgan fingerprint density at radius 1 is 0.516 bits per heavy atom. The molecule has 0 unspecified atom stereocenters. The third kappa shape index (κ3) is 64.9. The van der Waals surface area contributed by atoms with Crippen molar-refractivity contribution in [2.24, 2.45) is 0 Å². The molecule has 0 atom stereocenters. The van der Waals surface area contributed by atoms with Crippen LogP contribution in [0.5, 0.6) is 0 Å². The lowest BCUT2D eigenvalue weighted by Crippen LogP contribution is -2.49. The molecule has 17 nitrogen and oxygen atoms in total. The van der Waals surface area contributed by atoms with Crippen molar-refractivity contribution in [3.63, 3.8) is 0 Å². The summed E-state index contributed by atoms with van der Waals surface area (Å²) in [5.41, 5.74) is -0.831. The number of carbonyl (C=O) groups excluding carboxylic acids is 5. The molecule has 0 aromatic rings. The molecule has 0 aromatic carbocycles. The lowest BCUT2D eigenvalue weighted by atomic mass is 9.83. The van der Waals surface area contributed by atoms with Crippen LogP contribution in [0.15, 0.2) is 0 Å². The Hall–Kier alpha value is -3.77. The number of rotatable bonds is 41. The van der Waals surface area contributed by atoms with E-state index in [9.17, 15) is 24.0 Å². The Balaban J connectivity index is -0.000000285. The molecule has 64 heavy (non-hydrogen) atoms. The van der Waals surface area contributed by atoms with Crippen LogP contribution in [0.1, 0.15) is 97.3 Å². The first kappa shape index (κ1) is 69.3. The van der Waals surface area contributed by atoms with Crippen LogP contribution in [-0.4, -0.2) is 175 Å². The second kappa shape index (κ2) is 65.8. The molecule has 0 aromatic heterocycles. The van der Waals surface area contributed by atoms with E-state index in [1.807, 2.05) is 35.0 Å². The zero-order valence-electron chi connectivity index (χ0n) is 40.1. The SMILES string of the molecule is C#CCOCCOCCNC.C#CCOCCOCCNC.C#CCOCCOCCNC(=O)CCC(CCC=O)(CCC=O)NC(=O)CCCC=O.CC.CNCCCCCCO. The number of nitrogens with one attached hydrogen (secondary N) is 5. The van der Waals surface area contributed by atoms with Gasteiger partial charge in [-0.15, -0.1) is 19.3 Å². The van der Waals surface area contributed by atoms with Gasteiger partial charge in [-0.3, -0.25) is 9.59 Å². The minimum absolute atomic E-state index is 0.123. The summed E-state index contributed by atoms with van der Waals surface area (Å²) in [4.78, 5) is 56.8. The molecule has 0 bridgehead atoms. The van der Waals surface area contributed by atoms with Crippen molar-refractivity contribution in [3.8, 4) is 37.0 Å². The zero-order chi connectivity index (χ0) is 48.9. The third-order valence-electron chi connectivity index (χ3n) is 8.01. The number of hydrogen-bond acceptors (Lipinski definition) is 15. The first-order valence-electron chi connectivity index (χ1n) is 22.5. The Morgan fingerprint density at radius 3 is 1.34 bits per heavy atom. The predicted molar refractivity (Wildman–Crippen MR) is 254 cm³/mol. The second-order valence-corrected chi connectivity index (χ2v) is 13.2. The number of aliphatic hydroxyl groups is 1. The highest BCUT2D eigenvalue weighted by Crippen LogP contribution is 2.25. The Labute approximate surface area is 387 Å². The van der Waals surface area contributed by atoms with Gasteiger partial charge in [0.25, 0.3) is 0 Å². The van der Waals surface area contributed by atoms with Crippen molar-refractivity contribution >= 4 is 30.7 Å². The van der Waals surface area contributed by atoms with Crippen LogP contribution in [0.3, 0.4) is 0 Å². The average molecular weight is 914 g/mol. The van der Waals surface area contributed by atoms with Gasteiger partial charge in [0.05, 0.1) is 59.5 Å². The van der Waals surface area contributed by atoms with Crippen LogP contribution in [-0.2, 0) is 52.4 Å². The standard InChI is InChI=1S/C22H34N2O7.2C8H15NO2.C7H17NO.C2H6/c1-2-16-30-18-19-31-17-12-23-20(28)8-11-22(9-5-14-26,10-6-15-27)24-21(29)7-3-4-13-25;2*1-3-5-10-7-8-11-6-4-9-2;1-8-6-4-2-3-5-7-9;1-2/h1,13-15H,3-12,16-19H2,(H,23,28)(H,24,29);2*1,9H,4-8H2,2H3;8-9H,2-7H2,1H3;1-2H3. The van der Waals surface area contributed by atoms with Crippen molar-refractivity contribution in [1.82, 2.24) is 26.6 Å². The fourth-order valence-electron chi connectivity index (χ4n) is 4.81. The normalized spacial score (nSPS) is 9.92. The van der Waals surface area contributed by atoms with Crippen molar-refractivity contribution < 1.29 is 57.5 Å². The quantitative estimate of drug-likeness (QED) is 0.0295. The molecule has 2 amide bonds. The Kier molecular flexibility index (Phi) is 71.3. The Bertz CT molecular complexity index is 1080. The number of unbranched alkanes of at least 4 members (excludes halogenated alkanes) is 4. The number of aldehydes is 3. The molecule has 6 N–H and O–H groups in total. The van der Waals surface area contributed by atoms with Gasteiger partial charge in [-0.1, -0.05) is 44.5 Å². The lowest BCUT2D eigenvalue weighted by Gasteiger charge is -2.34. The molecule has 0 aliphatic rings. The van der Waals surface area contributed by atoms with Crippen LogP contribution in [0.4, 0.5) is 0 Å². The van der Waals surface area contributed by atoms with E-state index in [1.165, 1.54) is 12.8 Å². The van der Waals surface area contributed by atoms with E-state index in [4.69, 9.17) is 52.8 Å². The van der Waals surface area contributed by atoms with Crippen LogP contribution < -0.4 is 26.6 Å². The summed E-state index contributed by atoms with van der Waals surface area (Å²) in [7, 11) is 5.74. The van der Waals surface area contributed by atoms with Gasteiger partial charge in [0.15, 0.2) is 0 Å². The molecular formula is C47H87N5O12. The summed E-state index contributed by atoms with van der Waals surface area (Å²) in [5, 5.41) is 23.1. The molecule has 17 heteroatoms. The zero-order valence-corrected chi connectivity index (χ0v) is 40.1. The number of hydrogen-bond donors (Lipinski definition) is 6. The number of terminal acetylenes is 3. The molecular weight excluding hydrogens is 827 g/mol. The van der Waals surface area contributed by atoms with Gasteiger partial charge in [0.1, 0.15) is 38.7 Å². The van der Waals surface area contributed by atoms with Gasteiger partial charge >= 0.3 is 0 Å². The lowest BCUT2D eigenvalue weighted by molar-refractivity contribution is -0.126. The molecule has 0 fully saturated rings. The van der Waals surface area contributed by atoms with Gasteiger partial charge in [-0.05, 0) is 66.2 Å². The number of carbonyl (C=O) groups is 5. The number of ether oxygens (including phenoxy) is 6. The summed E-state index contributed by atoms with van der Waals surface area (Å²) in [6.45, 7) is 13.4. The Morgan fingerprint density at radius 2 is 0.938 bits per heavy atom. The summed E-state index contributed by atoms with van der Waals surface area (Å²) in [6, 6.07) is 0. The van der Waals surface area contributed by atoms with E-state index in [1.54, 1.807) is 0 Å². The van der Waals surface area contributed by atoms with E-state index in [0.29, 0.717) is 98.3 Å². The largest absolute Gasteiger partial charge is 0.396 e. The van der Waals surface area contributed by atoms with Gasteiger partial charge in [0, 0.05) is 63.9 Å². The summed E-state index contributed by atoms with van der Waals surface area (Å²) < 4.78 is 30.7. The van der Waals surface area contributed by atoms with Crippen molar-refractivity contribution in [1.29, 1.82) is 0 Å². The maximum absolute atomic E-state index is 12.3. The number of aliphatic hydroxyl groups excluding tert-OH is 1. The minimum atomic E-state index is -0.831. The van der Waals surface area contributed by atoms with Crippen LogP contribution in [0.25, 0.3) is 0 Å². The highest BCUT2D eigenvalue weighted by Gasteiger charge is 2.31. The summed E-state index contributed by atoms with van der Waals surface area (Å²) in [6.07, 6.45) is 24.2. The van der Waals surface area contributed by atoms with Crippen LogP contribution in [0.2, 0.25) is 0 Å². The number of likely N-dealkylation sites (N-methyl/N-ethyl adjacent to an activating group) is 2. The van der Waals surface area contributed by atoms with Gasteiger partial charge in [-0.25, -0.2) is 0 Å². The maximum atomic E-state index is 12.3. The van der Waals surface area contributed by atoms with E-state index in [-0.39, 0.29) is 50.5 Å². The smallest absolute Gasteiger partial charge is 0.220 e. The van der Waals surface area contributed by atoms with Crippen LogP contribution >= 0.6 is 0 Å². The number of amides is 2. The molecule has 0 aliphatic heterocycles. The van der Waals surface area contributed by atoms with Crippen molar-refractivity contribution in [2.45, 2.75) is 103 Å². The van der Waals surface area contributed by atoms with Gasteiger partial charge in [-0.2, -0.15) is 0 Å². The first-order chi connectivity index (χ1) is 31.3. The molecule has 0 radical (unpaired) electrons. The first-order valence-corrected chi connectivity index (χ1v) is 22.5. The third-order valence-corrected chi connectivity index (χ3v) is 8.01. The highest BCUT2D eigenvalue weighted by molar-refractivity contribution is 5.78. The van der Waals surface area contributed by atoms with E-state index in [2.05, 4.69) is 44.3 Å². The monoisotopic (exact) mass is 914 g/mol. The van der Waals surface area contributed by atoms with Crippen molar-refractivity contribution in [2.75, 3.05) is 133 Å². The second-order valence-electron chi connectivity index (χ2n) is 13.2. The molecule has 0 saturated carbocycles. The predicted octanol–water partition coefficient (Wildman–Crippen LogP) is 2.26. The average Bonchev–Trinajstić information content (AvgIpc) is 3.31. The van der Waals surface area contributed by atoms with Crippen molar-refractivity contribution in [3.05, 3.63) is 0 Å². The topological polar surface area (TPSA) is 221 Å². The summed E-state index contributed by atoms with van der Waals surface area (Å²) in [5.74, 6) is 6.62. The molecule has 0 saturated heterocycles. The van der Waals surface area contributed by atoms with E-state index < -0.39 is 5.54 Å². The van der Waals surface area contributed by atoms with Crippen LogP contribution in [0, 0.1) is 37.0 Å². The van der Waals surface area contributed by atoms with E-state index in [0.717, 1.165) is 64.5 Å². The van der Waals surface area contributed by atoms with Gasteiger partial charge < -0.3 is 74.5 Å². The molecule has 0 spiro atoms. The van der Waals surface area contributed by atoms with Gasteiger partial charge in [0.2, 0.25) is 11.8 Å².